The molecule has 210 valence electrons. The van der Waals surface area contributed by atoms with E-state index in [0.29, 0.717) is 0 Å². The number of rotatable bonds is 9. The van der Waals surface area contributed by atoms with Crippen LogP contribution in [0.1, 0.15) is 24.5 Å². The van der Waals surface area contributed by atoms with E-state index in [1.54, 1.807) is 0 Å². The maximum absolute atomic E-state index is 13.5. The van der Waals surface area contributed by atoms with Gasteiger partial charge in [0.1, 0.15) is 16.7 Å². The highest BCUT2D eigenvalue weighted by molar-refractivity contribution is 8.45. The minimum absolute atomic E-state index is 0.0745. The second-order valence-corrected chi connectivity index (χ2v) is 9.89. The molecule has 0 N–H and O–H groups in total. The first-order valence-electron chi connectivity index (χ1n) is 9.70. The Morgan fingerprint density at radius 1 is 1.16 bits per heavy atom. The molecule has 1 aliphatic rings. The number of fused-ring (bicyclic) bond motifs is 1. The number of hydrogen-bond donors (Lipinski definition) is 0. The Balaban J connectivity index is 2.19. The van der Waals surface area contributed by atoms with Gasteiger partial charge in [0, 0.05) is 12.0 Å². The van der Waals surface area contributed by atoms with Crippen molar-refractivity contribution in [1.82, 2.24) is 0 Å². The molecule has 1 heterocycles. The third-order valence-electron chi connectivity index (χ3n) is 4.47. The van der Waals surface area contributed by atoms with E-state index in [-0.39, 0.29) is 24.6 Å². The lowest BCUT2D eigenvalue weighted by atomic mass is 9.99. The highest BCUT2D eigenvalue weighted by Gasteiger charge is 2.65. The van der Waals surface area contributed by atoms with Crippen LogP contribution in [0.15, 0.2) is 22.6 Å². The predicted octanol–water partition coefficient (Wildman–Crippen LogP) is 6.00. The molecule has 10 nitrogen and oxygen atoms in total. The van der Waals surface area contributed by atoms with Gasteiger partial charge >= 0.3 is 28.5 Å². The maximum atomic E-state index is 13.5. The highest BCUT2D eigenvalue weighted by atomic mass is 32.5. The molecule has 1 aromatic rings. The summed E-state index contributed by atoms with van der Waals surface area (Å²) in [4.78, 5) is 35.3. The van der Waals surface area contributed by atoms with Crippen molar-refractivity contribution in [1.29, 1.82) is 0 Å². The van der Waals surface area contributed by atoms with Crippen LogP contribution in [0.3, 0.4) is 0 Å². The summed E-state index contributed by atoms with van der Waals surface area (Å²) >= 11 is 0. The maximum Gasteiger partial charge on any atom is 0.511 e. The van der Waals surface area contributed by atoms with Crippen molar-refractivity contribution >= 4 is 28.4 Å². The van der Waals surface area contributed by atoms with Crippen LogP contribution in [-0.4, -0.2) is 49.0 Å². The summed E-state index contributed by atoms with van der Waals surface area (Å²) in [5, 5.41) is 8.94. The van der Waals surface area contributed by atoms with Crippen LogP contribution in [0.2, 0.25) is 0 Å². The predicted molar refractivity (Wildman–Crippen MR) is 107 cm³/mol. The average Bonchev–Trinajstić information content (AvgIpc) is 2.70. The van der Waals surface area contributed by atoms with Crippen LogP contribution in [0, 0.1) is 17.0 Å². The van der Waals surface area contributed by atoms with Crippen molar-refractivity contribution in [3.63, 3.8) is 0 Å². The summed E-state index contributed by atoms with van der Waals surface area (Å²) in [5.74, 6) is -2.68. The Morgan fingerprint density at radius 3 is 2.32 bits per heavy atom. The molecule has 0 spiro atoms. The fourth-order valence-electron chi connectivity index (χ4n) is 2.86. The van der Waals surface area contributed by atoms with Crippen LogP contribution < -0.4 is 4.74 Å². The van der Waals surface area contributed by atoms with Crippen LogP contribution in [-0.2, 0) is 23.8 Å². The minimum atomic E-state index is -10.2. The first-order valence-corrected chi connectivity index (χ1v) is 11.6. The number of benzene rings is 1. The molecular formula is C18H17F8NO9S. The summed E-state index contributed by atoms with van der Waals surface area (Å²) in [5.41, 5.74) is -3.02. The van der Waals surface area contributed by atoms with Crippen LogP contribution in [0.5, 0.6) is 5.75 Å². The largest absolute Gasteiger partial charge is 0.511 e. The van der Waals surface area contributed by atoms with Gasteiger partial charge in [-0.05, 0) is 37.6 Å². The smallest absolute Gasteiger partial charge is 0.475 e. The van der Waals surface area contributed by atoms with Gasteiger partial charge in [0.25, 0.3) is 5.09 Å². The molecule has 0 fully saturated rings. The number of alkyl halides is 3. The van der Waals surface area contributed by atoms with Gasteiger partial charge in [0.15, 0.2) is 0 Å². The van der Waals surface area contributed by atoms with Gasteiger partial charge in [-0.3, -0.25) is 0 Å². The number of carbonyl (C=O) groups excluding carboxylic acids is 2. The molecule has 0 amide bonds. The Labute approximate surface area is 201 Å². The lowest BCUT2D eigenvalue weighted by molar-refractivity contribution is -0.758. The standard InChI is InChI=1S/C18H17F8NO9S/c1-9-5-12(37(22,23,24,25)26)6-11-7-13(15(18(19,20)21)36-14(9)11)16(28)32-8-33-17(29)35-10(2)3-4-34-27(30)31/h5-7,10,15H,3-4,8H2,1-2H3. The first kappa shape index (κ1) is 29.7. The Kier molecular flexibility index (Phi) is 7.56. The summed E-state index contributed by atoms with van der Waals surface area (Å²) in [6, 6.07) is -0.239. The zero-order valence-corrected chi connectivity index (χ0v) is 19.4. The summed E-state index contributed by atoms with van der Waals surface area (Å²) < 4.78 is 125. The van der Waals surface area contributed by atoms with Crippen LogP contribution >= 0.6 is 10.2 Å². The van der Waals surface area contributed by atoms with Crippen molar-refractivity contribution in [2.24, 2.45) is 0 Å². The average molecular weight is 575 g/mol. The molecule has 2 atom stereocenters. The number of nitrogens with zero attached hydrogens (tertiary/aromatic N) is 1. The van der Waals surface area contributed by atoms with Gasteiger partial charge in [-0.2, -0.15) is 13.2 Å². The molecule has 19 heteroatoms. The summed E-state index contributed by atoms with van der Waals surface area (Å²) in [7, 11) is -10.2. The molecule has 0 saturated heterocycles. The summed E-state index contributed by atoms with van der Waals surface area (Å²) in [6.45, 7) is 0.304. The second kappa shape index (κ2) is 9.42. The number of aryl methyl sites for hydroxylation is 1. The van der Waals surface area contributed by atoms with E-state index in [1.807, 2.05) is 0 Å². The van der Waals surface area contributed by atoms with E-state index in [9.17, 15) is 52.3 Å². The van der Waals surface area contributed by atoms with Gasteiger partial charge in [-0.15, -0.1) is 10.1 Å². The number of carbonyl (C=O) groups is 2. The van der Waals surface area contributed by atoms with E-state index in [0.717, 1.165) is 6.92 Å². The zero-order valence-electron chi connectivity index (χ0n) is 18.6. The Hall–Kier alpha value is -3.51. The van der Waals surface area contributed by atoms with Crippen molar-refractivity contribution in [3.8, 4) is 5.75 Å². The third kappa shape index (κ3) is 8.25. The molecule has 0 radical (unpaired) electrons. The van der Waals surface area contributed by atoms with E-state index < -0.39 is 86.6 Å². The fraction of sp³-hybridized carbons (Fsp3) is 0.444. The molecule has 0 saturated carbocycles. The minimum Gasteiger partial charge on any atom is -0.475 e. The second-order valence-electron chi connectivity index (χ2n) is 7.48. The van der Waals surface area contributed by atoms with E-state index in [4.69, 9.17) is 0 Å². The van der Waals surface area contributed by atoms with Gasteiger partial charge < -0.3 is 23.8 Å². The lowest BCUT2D eigenvalue weighted by Crippen LogP contribution is -2.41. The third-order valence-corrected chi connectivity index (χ3v) is 5.60. The van der Waals surface area contributed by atoms with Crippen molar-refractivity contribution < 1.29 is 71.1 Å². The van der Waals surface area contributed by atoms with Crippen LogP contribution in [0.25, 0.3) is 6.08 Å². The SMILES string of the molecule is Cc1cc(S(F)(F)(F)(F)F)cc2c1OC(C(F)(F)F)C(C(=O)OCOC(=O)OC(C)CCO[N+](=O)[O-])=C2. The monoisotopic (exact) mass is 575 g/mol. The molecule has 2 unspecified atom stereocenters. The number of halogens is 8. The number of ether oxygens (including phenoxy) is 4. The molecule has 37 heavy (non-hydrogen) atoms. The molecule has 0 bridgehead atoms. The molecule has 1 aliphatic heterocycles. The molecule has 0 aliphatic carbocycles. The first-order chi connectivity index (χ1) is 16.6. The molecule has 2 rings (SSSR count). The van der Waals surface area contributed by atoms with Gasteiger partial charge in [0.2, 0.25) is 12.9 Å². The molecule has 1 aromatic carbocycles. The van der Waals surface area contributed by atoms with E-state index in [2.05, 4.69) is 23.8 Å². The van der Waals surface area contributed by atoms with Crippen molar-refractivity contribution in [2.45, 2.75) is 43.5 Å². The fourth-order valence-corrected chi connectivity index (χ4v) is 3.61. The topological polar surface area (TPSA) is 123 Å². The van der Waals surface area contributed by atoms with E-state index in [1.165, 1.54) is 6.92 Å². The quantitative estimate of drug-likeness (QED) is 0.115. The van der Waals surface area contributed by atoms with Crippen molar-refractivity contribution in [3.05, 3.63) is 38.9 Å². The van der Waals surface area contributed by atoms with E-state index >= 15 is 0 Å². The normalized spacial score (nSPS) is 18.1. The number of hydrogen-bond acceptors (Lipinski definition) is 9. The van der Waals surface area contributed by atoms with Gasteiger partial charge in [-0.25, -0.2) is 9.59 Å². The zero-order chi connectivity index (χ0) is 28.5. The van der Waals surface area contributed by atoms with Gasteiger partial charge in [-0.1, -0.05) is 19.4 Å². The molecular weight excluding hydrogens is 558 g/mol. The van der Waals surface area contributed by atoms with Crippen molar-refractivity contribution in [2.75, 3.05) is 13.4 Å². The lowest BCUT2D eigenvalue weighted by Gasteiger charge is -2.41. The summed E-state index contributed by atoms with van der Waals surface area (Å²) in [6.07, 6.45) is -10.7. The Morgan fingerprint density at radius 2 is 1.78 bits per heavy atom. The number of esters is 1. The molecule has 0 aromatic heterocycles. The van der Waals surface area contributed by atoms with Gasteiger partial charge in [0.05, 0.1) is 12.2 Å². The highest BCUT2D eigenvalue weighted by Crippen LogP contribution is 3.02. The Bertz CT molecular complexity index is 1120. The van der Waals surface area contributed by atoms with Crippen LogP contribution in [0.4, 0.5) is 37.4 Å².